The Labute approximate surface area is 166 Å². The number of fused-ring (bicyclic) bond motifs is 2. The van der Waals surface area contributed by atoms with Gasteiger partial charge in [0.25, 0.3) is 0 Å². The molecule has 3 N–H and O–H groups in total. The Morgan fingerprint density at radius 1 is 1.22 bits per heavy atom. The van der Waals surface area contributed by atoms with E-state index in [1.807, 2.05) is 48.5 Å². The minimum atomic E-state index is -0.604. The van der Waals surface area contributed by atoms with Gasteiger partial charge in [0, 0.05) is 16.6 Å². The molecule has 1 aliphatic rings. The monoisotopic (exact) mass is 425 g/mol. The molecule has 0 spiro atoms. The predicted molar refractivity (Wildman–Crippen MR) is 112 cm³/mol. The average molecular weight is 426 g/mol. The molecule has 3 aromatic carbocycles. The zero-order valence-electron chi connectivity index (χ0n) is 14.9. The number of hydrogen-bond donors (Lipinski definition) is 2. The second kappa shape index (κ2) is 7.21. The normalized spacial score (nSPS) is 16.6. The van der Waals surface area contributed by atoms with E-state index in [2.05, 4.69) is 27.3 Å². The van der Waals surface area contributed by atoms with Crippen molar-refractivity contribution in [2.45, 2.75) is 12.6 Å². The molecular weight excluding hydrogens is 406 g/mol. The van der Waals surface area contributed by atoms with Crippen molar-refractivity contribution < 1.29 is 9.53 Å². The summed E-state index contributed by atoms with van der Waals surface area (Å²) >= 11 is 3.52. The van der Waals surface area contributed by atoms with Crippen LogP contribution in [0.3, 0.4) is 0 Å². The van der Waals surface area contributed by atoms with Crippen molar-refractivity contribution in [3.63, 3.8) is 0 Å². The Morgan fingerprint density at radius 2 is 2.04 bits per heavy atom. The summed E-state index contributed by atoms with van der Waals surface area (Å²) in [6, 6.07) is 17.2. The number of amides is 1. The molecule has 0 unspecified atom stereocenters. The number of hydrogen-bond acceptors (Lipinski definition) is 4. The Bertz CT molecular complexity index is 1020. The number of halogens is 1. The zero-order valence-corrected chi connectivity index (χ0v) is 16.5. The lowest BCUT2D eigenvalue weighted by Gasteiger charge is -2.25. The lowest BCUT2D eigenvalue weighted by Crippen LogP contribution is -2.45. The third-order valence-corrected chi connectivity index (χ3v) is 5.37. The van der Waals surface area contributed by atoms with E-state index < -0.39 is 6.04 Å². The fourth-order valence-electron chi connectivity index (χ4n) is 3.51. The van der Waals surface area contributed by atoms with Crippen LogP contribution < -0.4 is 20.7 Å². The smallest absolute Gasteiger partial charge is 0.246 e. The maximum atomic E-state index is 13.0. The molecule has 1 atom stereocenters. The van der Waals surface area contributed by atoms with Crippen molar-refractivity contribution in [1.82, 2.24) is 0 Å². The van der Waals surface area contributed by atoms with Crippen LogP contribution in [0.25, 0.3) is 10.8 Å². The van der Waals surface area contributed by atoms with Crippen LogP contribution in [-0.2, 0) is 11.3 Å². The number of benzene rings is 3. The van der Waals surface area contributed by atoms with Crippen molar-refractivity contribution in [2.75, 3.05) is 23.9 Å². The summed E-state index contributed by atoms with van der Waals surface area (Å²) in [5, 5.41) is 5.40. The first-order valence-corrected chi connectivity index (χ1v) is 9.53. The topological polar surface area (TPSA) is 67.6 Å². The predicted octanol–water partition coefficient (Wildman–Crippen LogP) is 3.90. The van der Waals surface area contributed by atoms with E-state index >= 15 is 0 Å². The number of para-hydroxylation sites is 2. The maximum Gasteiger partial charge on any atom is 0.246 e. The Morgan fingerprint density at radius 3 is 2.85 bits per heavy atom. The van der Waals surface area contributed by atoms with Gasteiger partial charge in [-0.15, -0.1) is 0 Å². The third-order valence-electron chi connectivity index (χ3n) is 4.88. The van der Waals surface area contributed by atoms with Crippen molar-refractivity contribution in [2.24, 2.45) is 5.73 Å². The molecule has 0 saturated heterocycles. The highest BCUT2D eigenvalue weighted by Crippen LogP contribution is 2.35. The molecule has 6 heteroatoms. The fourth-order valence-corrected chi connectivity index (χ4v) is 3.88. The Hall–Kier alpha value is -2.57. The first kappa shape index (κ1) is 17.8. The molecule has 1 heterocycles. The van der Waals surface area contributed by atoms with Crippen molar-refractivity contribution >= 4 is 44.0 Å². The highest BCUT2D eigenvalue weighted by molar-refractivity contribution is 9.10. The number of nitrogens with one attached hydrogen (secondary N) is 1. The zero-order chi connectivity index (χ0) is 19.0. The highest BCUT2D eigenvalue weighted by atomic mass is 79.9. The molecule has 0 fully saturated rings. The Kier molecular flexibility index (Phi) is 4.76. The van der Waals surface area contributed by atoms with Gasteiger partial charge in [-0.2, -0.15) is 0 Å². The summed E-state index contributed by atoms with van der Waals surface area (Å²) in [6.45, 7) is 0.791. The SMILES string of the molecule is COc1ccc2cc(Br)ccc2c1CN1C(=O)[C@@H](N)CNc2ccccc21. The molecule has 1 aliphatic heterocycles. The van der Waals surface area contributed by atoms with E-state index in [0.29, 0.717) is 13.1 Å². The molecule has 3 aromatic rings. The molecule has 0 radical (unpaired) electrons. The van der Waals surface area contributed by atoms with Gasteiger partial charge in [-0.3, -0.25) is 4.79 Å². The minimum Gasteiger partial charge on any atom is -0.496 e. The molecule has 1 amide bonds. The molecule has 0 bridgehead atoms. The van der Waals surface area contributed by atoms with Gasteiger partial charge < -0.3 is 20.7 Å². The molecule has 27 heavy (non-hydrogen) atoms. The lowest BCUT2D eigenvalue weighted by atomic mass is 10.0. The van der Waals surface area contributed by atoms with Crippen LogP contribution in [0.15, 0.2) is 59.1 Å². The van der Waals surface area contributed by atoms with Crippen LogP contribution in [0.1, 0.15) is 5.56 Å². The van der Waals surface area contributed by atoms with Gasteiger partial charge in [-0.05, 0) is 41.1 Å². The second-order valence-corrected chi connectivity index (χ2v) is 7.46. The van der Waals surface area contributed by atoms with Gasteiger partial charge >= 0.3 is 0 Å². The van der Waals surface area contributed by atoms with Crippen molar-refractivity contribution in [1.29, 1.82) is 0 Å². The van der Waals surface area contributed by atoms with Gasteiger partial charge in [0.15, 0.2) is 0 Å². The Balaban J connectivity index is 1.86. The number of rotatable bonds is 3. The minimum absolute atomic E-state index is 0.108. The number of methoxy groups -OCH3 is 1. The number of nitrogens with zero attached hydrogens (tertiary/aromatic N) is 1. The van der Waals surface area contributed by atoms with Crippen LogP contribution in [-0.4, -0.2) is 25.6 Å². The number of carbonyl (C=O) groups is 1. The van der Waals surface area contributed by atoms with Crippen LogP contribution in [0, 0.1) is 0 Å². The second-order valence-electron chi connectivity index (χ2n) is 6.54. The van der Waals surface area contributed by atoms with Crippen molar-refractivity contribution in [3.05, 3.63) is 64.6 Å². The molecule has 0 aromatic heterocycles. The quantitative estimate of drug-likeness (QED) is 0.667. The van der Waals surface area contributed by atoms with E-state index in [1.54, 1.807) is 12.0 Å². The molecule has 4 rings (SSSR count). The first-order valence-electron chi connectivity index (χ1n) is 8.73. The lowest BCUT2D eigenvalue weighted by molar-refractivity contribution is -0.119. The number of nitrogens with two attached hydrogens (primary N) is 1. The fraction of sp³-hybridized carbons (Fsp3) is 0.190. The summed E-state index contributed by atoms with van der Waals surface area (Å²) < 4.78 is 6.62. The summed E-state index contributed by atoms with van der Waals surface area (Å²) in [5.41, 5.74) is 8.80. The molecule has 138 valence electrons. The largest absolute Gasteiger partial charge is 0.496 e. The number of ether oxygens (including phenoxy) is 1. The summed E-state index contributed by atoms with van der Waals surface area (Å²) in [4.78, 5) is 14.8. The number of anilines is 2. The van der Waals surface area contributed by atoms with E-state index in [9.17, 15) is 4.79 Å². The summed E-state index contributed by atoms with van der Waals surface area (Å²) in [5.74, 6) is 0.643. The van der Waals surface area contributed by atoms with Gasteiger partial charge in [0.05, 0.1) is 25.0 Å². The van der Waals surface area contributed by atoms with E-state index in [0.717, 1.165) is 37.9 Å². The van der Waals surface area contributed by atoms with Crippen LogP contribution in [0.2, 0.25) is 0 Å². The highest BCUT2D eigenvalue weighted by Gasteiger charge is 2.29. The van der Waals surface area contributed by atoms with E-state index in [4.69, 9.17) is 10.5 Å². The number of carbonyl (C=O) groups excluding carboxylic acids is 1. The molecule has 5 nitrogen and oxygen atoms in total. The van der Waals surface area contributed by atoms with E-state index in [-0.39, 0.29) is 5.91 Å². The summed E-state index contributed by atoms with van der Waals surface area (Å²) in [6.07, 6.45) is 0. The molecular formula is C21H20BrN3O2. The van der Waals surface area contributed by atoms with Gasteiger partial charge in [-0.1, -0.05) is 40.2 Å². The first-order chi connectivity index (χ1) is 13.1. The maximum absolute atomic E-state index is 13.0. The summed E-state index contributed by atoms with van der Waals surface area (Å²) in [7, 11) is 1.65. The van der Waals surface area contributed by atoms with Gasteiger partial charge in [0.1, 0.15) is 11.8 Å². The van der Waals surface area contributed by atoms with Crippen molar-refractivity contribution in [3.8, 4) is 5.75 Å². The molecule has 0 aliphatic carbocycles. The van der Waals surface area contributed by atoms with Crippen LogP contribution in [0.4, 0.5) is 11.4 Å². The van der Waals surface area contributed by atoms with Gasteiger partial charge in [-0.25, -0.2) is 0 Å². The average Bonchev–Trinajstić information content (AvgIpc) is 2.80. The third kappa shape index (κ3) is 3.26. The van der Waals surface area contributed by atoms with E-state index in [1.165, 1.54) is 0 Å². The van der Waals surface area contributed by atoms with Crippen LogP contribution in [0.5, 0.6) is 5.75 Å². The standard InChI is InChI=1S/C21H20BrN3O2/c1-27-20-9-6-13-10-14(22)7-8-15(13)16(20)12-25-19-5-3-2-4-18(19)24-11-17(23)21(25)26/h2-10,17,24H,11-12,23H2,1H3/t17-/m0/s1. The van der Waals surface area contributed by atoms with Gasteiger partial charge in [0.2, 0.25) is 5.91 Å². The van der Waals surface area contributed by atoms with Crippen LogP contribution >= 0.6 is 15.9 Å². The molecule has 0 saturated carbocycles.